The van der Waals surface area contributed by atoms with E-state index in [0.717, 1.165) is 11.1 Å². The lowest BCUT2D eigenvalue weighted by Gasteiger charge is -2.24. The van der Waals surface area contributed by atoms with Crippen molar-refractivity contribution in [2.45, 2.75) is 20.0 Å². The summed E-state index contributed by atoms with van der Waals surface area (Å²) in [5.74, 6) is -0.621. The maximum Gasteiger partial charge on any atom is 0.242 e. The third-order valence-electron chi connectivity index (χ3n) is 3.21. The minimum Gasteiger partial charge on any atom is -0.387 e. The summed E-state index contributed by atoms with van der Waals surface area (Å²) in [7, 11) is 0. The van der Waals surface area contributed by atoms with E-state index in [4.69, 9.17) is 5.73 Å². The van der Waals surface area contributed by atoms with Gasteiger partial charge in [0.1, 0.15) is 0 Å². The van der Waals surface area contributed by atoms with Crippen LogP contribution in [-0.2, 0) is 9.59 Å². The van der Waals surface area contributed by atoms with E-state index in [1.54, 1.807) is 0 Å². The van der Waals surface area contributed by atoms with Crippen LogP contribution in [-0.4, -0.2) is 48.0 Å². The molecule has 0 aliphatic heterocycles. The third kappa shape index (κ3) is 5.53. The summed E-state index contributed by atoms with van der Waals surface area (Å²) in [6.45, 7) is 4.19. The van der Waals surface area contributed by atoms with Crippen molar-refractivity contribution in [1.82, 2.24) is 10.2 Å². The van der Waals surface area contributed by atoms with E-state index in [-0.39, 0.29) is 31.4 Å². The molecule has 21 heavy (non-hydrogen) atoms. The predicted molar refractivity (Wildman–Crippen MR) is 80.5 cm³/mol. The molecule has 0 saturated heterocycles. The van der Waals surface area contributed by atoms with Crippen LogP contribution in [0.2, 0.25) is 0 Å². The van der Waals surface area contributed by atoms with Gasteiger partial charge in [0, 0.05) is 6.54 Å². The van der Waals surface area contributed by atoms with Crippen LogP contribution in [0, 0.1) is 6.92 Å². The summed E-state index contributed by atoms with van der Waals surface area (Å²) in [5.41, 5.74) is 7.03. The number of hydrogen-bond donors (Lipinski definition) is 3. The van der Waals surface area contributed by atoms with Crippen molar-refractivity contribution < 1.29 is 14.7 Å². The van der Waals surface area contributed by atoms with Gasteiger partial charge < -0.3 is 21.1 Å². The molecule has 0 radical (unpaired) electrons. The lowest BCUT2D eigenvalue weighted by molar-refractivity contribution is -0.133. The van der Waals surface area contributed by atoms with Crippen LogP contribution >= 0.6 is 0 Å². The van der Waals surface area contributed by atoms with Gasteiger partial charge in [0.05, 0.1) is 25.7 Å². The van der Waals surface area contributed by atoms with Gasteiger partial charge in [0.25, 0.3) is 0 Å². The fourth-order valence-electron chi connectivity index (χ4n) is 1.87. The van der Waals surface area contributed by atoms with Gasteiger partial charge in [0.15, 0.2) is 0 Å². The minimum atomic E-state index is -0.750. The number of benzene rings is 1. The quantitative estimate of drug-likeness (QED) is 0.657. The maximum absolute atomic E-state index is 12.0. The van der Waals surface area contributed by atoms with E-state index in [2.05, 4.69) is 5.32 Å². The molecule has 4 N–H and O–H groups in total. The van der Waals surface area contributed by atoms with E-state index >= 15 is 0 Å². The lowest BCUT2D eigenvalue weighted by Crippen LogP contribution is -2.43. The van der Waals surface area contributed by atoms with Crippen LogP contribution in [0.3, 0.4) is 0 Å². The molecular formula is C15H23N3O3. The van der Waals surface area contributed by atoms with Crippen molar-refractivity contribution in [3.05, 3.63) is 35.4 Å². The van der Waals surface area contributed by atoms with Crippen molar-refractivity contribution in [1.29, 1.82) is 0 Å². The second kappa shape index (κ2) is 8.39. The molecule has 1 aromatic carbocycles. The maximum atomic E-state index is 12.0. The van der Waals surface area contributed by atoms with E-state index in [9.17, 15) is 14.7 Å². The Hall–Kier alpha value is -1.92. The highest BCUT2D eigenvalue weighted by Crippen LogP contribution is 2.15. The second-order valence-electron chi connectivity index (χ2n) is 4.84. The number of hydrogen-bond acceptors (Lipinski definition) is 4. The fourth-order valence-corrected chi connectivity index (χ4v) is 1.87. The van der Waals surface area contributed by atoms with Crippen molar-refractivity contribution in [3.63, 3.8) is 0 Å². The molecular weight excluding hydrogens is 270 g/mol. The first-order valence-corrected chi connectivity index (χ1v) is 6.97. The molecule has 1 rings (SSSR count). The highest BCUT2D eigenvalue weighted by molar-refractivity contribution is 5.85. The number of carbonyl (C=O) groups excluding carboxylic acids is 2. The van der Waals surface area contributed by atoms with Gasteiger partial charge in [-0.1, -0.05) is 29.8 Å². The van der Waals surface area contributed by atoms with E-state index in [0.29, 0.717) is 6.54 Å². The first-order chi connectivity index (χ1) is 9.97. The summed E-state index contributed by atoms with van der Waals surface area (Å²) in [5, 5.41) is 12.6. The zero-order valence-corrected chi connectivity index (χ0v) is 12.5. The van der Waals surface area contributed by atoms with Gasteiger partial charge in [-0.2, -0.15) is 0 Å². The lowest BCUT2D eigenvalue weighted by atomic mass is 10.1. The average molecular weight is 293 g/mol. The Balaban J connectivity index is 2.58. The van der Waals surface area contributed by atoms with Crippen molar-refractivity contribution in [3.8, 4) is 0 Å². The monoisotopic (exact) mass is 293 g/mol. The number of likely N-dealkylation sites (N-methyl/N-ethyl adjacent to an activating group) is 1. The number of rotatable bonds is 7. The number of carbonyl (C=O) groups is 2. The Bertz CT molecular complexity index is 474. The van der Waals surface area contributed by atoms with Gasteiger partial charge >= 0.3 is 0 Å². The molecule has 1 unspecified atom stereocenters. The van der Waals surface area contributed by atoms with E-state index in [1.165, 1.54) is 4.90 Å². The first kappa shape index (κ1) is 17.1. The smallest absolute Gasteiger partial charge is 0.242 e. The van der Waals surface area contributed by atoms with Crippen LogP contribution in [0.15, 0.2) is 24.3 Å². The van der Waals surface area contributed by atoms with Gasteiger partial charge in [-0.15, -0.1) is 0 Å². The van der Waals surface area contributed by atoms with Gasteiger partial charge in [-0.05, 0) is 19.4 Å². The molecule has 0 bridgehead atoms. The number of aliphatic hydroxyl groups excluding tert-OH is 1. The number of nitrogens with one attached hydrogen (secondary N) is 1. The zero-order chi connectivity index (χ0) is 15.8. The number of nitrogens with zero attached hydrogens (tertiary/aromatic N) is 1. The van der Waals surface area contributed by atoms with Crippen molar-refractivity contribution in [2.75, 3.05) is 26.2 Å². The Morgan fingerprint density at radius 2 is 1.95 bits per heavy atom. The van der Waals surface area contributed by atoms with Crippen molar-refractivity contribution in [2.24, 2.45) is 5.73 Å². The molecule has 0 aromatic heterocycles. The summed E-state index contributed by atoms with van der Waals surface area (Å²) in [6.07, 6.45) is -0.750. The van der Waals surface area contributed by atoms with Crippen LogP contribution in [0.25, 0.3) is 0 Å². The molecule has 116 valence electrons. The number of aliphatic hydroxyl groups is 1. The summed E-state index contributed by atoms with van der Waals surface area (Å²) >= 11 is 0. The molecule has 1 atom stereocenters. The minimum absolute atomic E-state index is 0.107. The molecule has 2 amide bonds. The van der Waals surface area contributed by atoms with Crippen LogP contribution in [0.4, 0.5) is 0 Å². The van der Waals surface area contributed by atoms with Crippen LogP contribution < -0.4 is 11.1 Å². The Labute approximate surface area is 124 Å². The largest absolute Gasteiger partial charge is 0.387 e. The summed E-state index contributed by atoms with van der Waals surface area (Å²) < 4.78 is 0. The SMILES string of the molecule is CCN(CC(O)c1ccc(C)cc1)C(=O)CNC(=O)CN. The molecule has 6 nitrogen and oxygen atoms in total. The molecule has 0 heterocycles. The Kier molecular flexibility index (Phi) is 6.84. The molecule has 6 heteroatoms. The molecule has 0 fully saturated rings. The summed E-state index contributed by atoms with van der Waals surface area (Å²) in [6, 6.07) is 7.51. The first-order valence-electron chi connectivity index (χ1n) is 6.97. The third-order valence-corrected chi connectivity index (χ3v) is 3.21. The number of nitrogens with two attached hydrogens (primary N) is 1. The van der Waals surface area contributed by atoms with Gasteiger partial charge in [-0.25, -0.2) is 0 Å². The molecule has 0 spiro atoms. The number of aryl methyl sites for hydroxylation is 1. The topological polar surface area (TPSA) is 95.7 Å². The summed E-state index contributed by atoms with van der Waals surface area (Å²) in [4.78, 5) is 24.5. The highest BCUT2D eigenvalue weighted by atomic mass is 16.3. The standard InChI is InChI=1S/C15H23N3O3/c1-3-18(15(21)9-17-14(20)8-16)10-13(19)12-6-4-11(2)5-7-12/h4-7,13,19H,3,8-10,16H2,1-2H3,(H,17,20). The van der Waals surface area contributed by atoms with E-state index < -0.39 is 6.10 Å². The predicted octanol–water partition coefficient (Wildman–Crippen LogP) is -0.0482. The van der Waals surface area contributed by atoms with Crippen molar-refractivity contribution >= 4 is 11.8 Å². The Morgan fingerprint density at radius 1 is 1.33 bits per heavy atom. The second-order valence-corrected chi connectivity index (χ2v) is 4.84. The zero-order valence-electron chi connectivity index (χ0n) is 12.5. The van der Waals surface area contributed by atoms with Gasteiger partial charge in [-0.3, -0.25) is 9.59 Å². The molecule has 0 saturated carbocycles. The Morgan fingerprint density at radius 3 is 2.48 bits per heavy atom. The van der Waals surface area contributed by atoms with Gasteiger partial charge in [0.2, 0.25) is 11.8 Å². The normalized spacial score (nSPS) is 11.8. The highest BCUT2D eigenvalue weighted by Gasteiger charge is 2.17. The number of amides is 2. The molecule has 1 aromatic rings. The fraction of sp³-hybridized carbons (Fsp3) is 0.467. The van der Waals surface area contributed by atoms with Crippen LogP contribution in [0.1, 0.15) is 24.2 Å². The molecule has 0 aliphatic carbocycles. The average Bonchev–Trinajstić information content (AvgIpc) is 2.50. The van der Waals surface area contributed by atoms with Crippen LogP contribution in [0.5, 0.6) is 0 Å². The van der Waals surface area contributed by atoms with E-state index in [1.807, 2.05) is 38.1 Å². The molecule has 0 aliphatic rings.